The zero-order chi connectivity index (χ0) is 16.6. The molecule has 23 heavy (non-hydrogen) atoms. The predicted molar refractivity (Wildman–Crippen MR) is 95.0 cm³/mol. The highest BCUT2D eigenvalue weighted by Gasteiger charge is 2.54. The molecule has 2 fully saturated rings. The molecule has 0 amide bonds. The lowest BCUT2D eigenvalue weighted by molar-refractivity contribution is -0.0226. The summed E-state index contributed by atoms with van der Waals surface area (Å²) in [5, 5.41) is 10.4. The van der Waals surface area contributed by atoms with Gasteiger partial charge in [-0.1, -0.05) is 26.8 Å². The summed E-state index contributed by atoms with van der Waals surface area (Å²) < 4.78 is 5.38. The molecule has 1 aromatic rings. The molecule has 0 saturated heterocycles. The number of aliphatic hydroxyl groups is 1. The number of methoxy groups -OCH3 is 1. The SMILES string of the molecule is CC.COc1ccc2c(c1)CCC1C2CCC2(C)C(O)CCC12. The van der Waals surface area contributed by atoms with Crippen molar-refractivity contribution in [3.05, 3.63) is 29.3 Å². The van der Waals surface area contributed by atoms with Crippen molar-refractivity contribution < 1.29 is 9.84 Å². The van der Waals surface area contributed by atoms with Gasteiger partial charge >= 0.3 is 0 Å². The second-order valence-corrected chi connectivity index (χ2v) is 7.62. The molecule has 2 nitrogen and oxygen atoms in total. The first kappa shape index (κ1) is 16.8. The van der Waals surface area contributed by atoms with E-state index in [2.05, 4.69) is 25.1 Å². The molecule has 0 aromatic heterocycles. The van der Waals surface area contributed by atoms with Gasteiger partial charge in [-0.3, -0.25) is 0 Å². The molecule has 5 unspecified atom stereocenters. The Morgan fingerprint density at radius 2 is 1.91 bits per heavy atom. The fourth-order valence-corrected chi connectivity index (χ4v) is 5.66. The molecule has 4 rings (SSSR count). The monoisotopic (exact) mass is 316 g/mol. The van der Waals surface area contributed by atoms with Crippen molar-refractivity contribution >= 4 is 0 Å². The molecule has 1 N–H and O–H groups in total. The molecule has 0 heterocycles. The van der Waals surface area contributed by atoms with Gasteiger partial charge in [-0.25, -0.2) is 0 Å². The highest BCUT2D eigenvalue weighted by Crippen LogP contribution is 2.60. The third-order valence-electron chi connectivity index (χ3n) is 6.88. The van der Waals surface area contributed by atoms with E-state index < -0.39 is 0 Å². The van der Waals surface area contributed by atoms with Crippen LogP contribution < -0.4 is 4.74 Å². The van der Waals surface area contributed by atoms with Gasteiger partial charge in [0.15, 0.2) is 0 Å². The van der Waals surface area contributed by atoms with Gasteiger partial charge in [0, 0.05) is 0 Å². The van der Waals surface area contributed by atoms with Gasteiger partial charge in [0.2, 0.25) is 0 Å². The van der Waals surface area contributed by atoms with Gasteiger partial charge in [-0.15, -0.1) is 0 Å². The molecule has 3 aliphatic carbocycles. The maximum absolute atomic E-state index is 10.4. The zero-order valence-corrected chi connectivity index (χ0v) is 15.1. The molecule has 2 saturated carbocycles. The van der Waals surface area contributed by atoms with Crippen LogP contribution in [-0.4, -0.2) is 18.3 Å². The first-order valence-corrected chi connectivity index (χ1v) is 9.48. The molecular formula is C21H32O2. The second-order valence-electron chi connectivity index (χ2n) is 7.62. The molecule has 0 radical (unpaired) electrons. The van der Waals surface area contributed by atoms with Crippen LogP contribution in [0.25, 0.3) is 0 Å². The first-order valence-electron chi connectivity index (χ1n) is 9.48. The number of aliphatic hydroxyl groups excluding tert-OH is 1. The Labute approximate surface area is 141 Å². The summed E-state index contributed by atoms with van der Waals surface area (Å²) in [6, 6.07) is 6.67. The lowest BCUT2D eigenvalue weighted by atomic mass is 9.55. The smallest absolute Gasteiger partial charge is 0.119 e. The van der Waals surface area contributed by atoms with Crippen molar-refractivity contribution in [1.82, 2.24) is 0 Å². The number of aryl methyl sites for hydroxylation is 1. The van der Waals surface area contributed by atoms with Crippen molar-refractivity contribution in [2.24, 2.45) is 17.3 Å². The van der Waals surface area contributed by atoms with Crippen molar-refractivity contribution in [3.8, 4) is 5.75 Å². The fraction of sp³-hybridized carbons (Fsp3) is 0.714. The van der Waals surface area contributed by atoms with Gasteiger partial charge in [-0.2, -0.15) is 0 Å². The first-order chi connectivity index (χ1) is 11.1. The number of benzene rings is 1. The number of fused-ring (bicyclic) bond motifs is 5. The maximum atomic E-state index is 10.4. The van der Waals surface area contributed by atoms with Gasteiger partial charge in [-0.05, 0) is 85.0 Å². The van der Waals surface area contributed by atoms with E-state index >= 15 is 0 Å². The molecule has 0 spiro atoms. The fourth-order valence-electron chi connectivity index (χ4n) is 5.66. The van der Waals surface area contributed by atoms with Crippen LogP contribution in [0.4, 0.5) is 0 Å². The van der Waals surface area contributed by atoms with Crippen LogP contribution in [0.5, 0.6) is 5.75 Å². The van der Waals surface area contributed by atoms with Crippen LogP contribution in [0.2, 0.25) is 0 Å². The summed E-state index contributed by atoms with van der Waals surface area (Å²) in [6.45, 7) is 6.34. The number of ether oxygens (including phenoxy) is 1. The van der Waals surface area contributed by atoms with Gasteiger partial charge in [0.1, 0.15) is 5.75 Å². The molecule has 2 heteroatoms. The molecule has 1 aromatic carbocycles. The molecule has 0 bridgehead atoms. The average Bonchev–Trinajstić information content (AvgIpc) is 2.91. The van der Waals surface area contributed by atoms with Gasteiger partial charge in [0.05, 0.1) is 13.2 Å². The summed E-state index contributed by atoms with van der Waals surface area (Å²) in [4.78, 5) is 0. The Bertz CT molecular complexity index is 553. The van der Waals surface area contributed by atoms with Crippen molar-refractivity contribution in [1.29, 1.82) is 0 Å². The van der Waals surface area contributed by atoms with Crippen molar-refractivity contribution in [2.45, 2.75) is 71.3 Å². The summed E-state index contributed by atoms with van der Waals surface area (Å²) in [6.07, 6.45) is 7.07. The zero-order valence-electron chi connectivity index (χ0n) is 15.1. The van der Waals surface area contributed by atoms with Gasteiger partial charge < -0.3 is 9.84 Å². The topological polar surface area (TPSA) is 29.5 Å². The molecular weight excluding hydrogens is 284 g/mol. The Morgan fingerprint density at radius 3 is 2.65 bits per heavy atom. The minimum absolute atomic E-state index is 0.0688. The van der Waals surface area contributed by atoms with E-state index in [0.717, 1.165) is 24.0 Å². The van der Waals surface area contributed by atoms with E-state index in [0.29, 0.717) is 5.92 Å². The van der Waals surface area contributed by atoms with Crippen molar-refractivity contribution in [3.63, 3.8) is 0 Å². The standard InChI is InChI=1S/C19H26O2.C2H6/c1-19-10-9-15-14-6-4-13(21-2)11-12(14)3-5-16(15)17(19)7-8-18(19)20;1-2/h4,6,11,15-18,20H,3,5,7-10H2,1-2H3;1-2H3. The number of rotatable bonds is 1. The van der Waals surface area contributed by atoms with Crippen LogP contribution in [0.3, 0.4) is 0 Å². The van der Waals surface area contributed by atoms with Gasteiger partial charge in [0.25, 0.3) is 0 Å². The van der Waals surface area contributed by atoms with Crippen LogP contribution in [0.1, 0.15) is 69.9 Å². The van der Waals surface area contributed by atoms with Crippen LogP contribution in [0.15, 0.2) is 18.2 Å². The predicted octanol–water partition coefficient (Wildman–Crippen LogP) is 4.94. The van der Waals surface area contributed by atoms with E-state index in [9.17, 15) is 5.11 Å². The summed E-state index contributed by atoms with van der Waals surface area (Å²) in [5.41, 5.74) is 3.25. The van der Waals surface area contributed by atoms with E-state index in [-0.39, 0.29) is 11.5 Å². The number of hydrogen-bond donors (Lipinski definition) is 1. The average molecular weight is 316 g/mol. The highest BCUT2D eigenvalue weighted by atomic mass is 16.5. The second kappa shape index (κ2) is 6.47. The quantitative estimate of drug-likeness (QED) is 0.795. The number of hydrogen-bond acceptors (Lipinski definition) is 2. The van der Waals surface area contributed by atoms with E-state index in [1.165, 1.54) is 37.7 Å². The minimum atomic E-state index is -0.0688. The van der Waals surface area contributed by atoms with Crippen molar-refractivity contribution in [2.75, 3.05) is 7.11 Å². The normalized spacial score (nSPS) is 37.8. The third-order valence-corrected chi connectivity index (χ3v) is 6.88. The van der Waals surface area contributed by atoms with E-state index in [4.69, 9.17) is 4.74 Å². The summed E-state index contributed by atoms with van der Waals surface area (Å²) in [7, 11) is 1.75. The van der Waals surface area contributed by atoms with Crippen LogP contribution in [-0.2, 0) is 6.42 Å². The van der Waals surface area contributed by atoms with Crippen LogP contribution >= 0.6 is 0 Å². The Morgan fingerprint density at radius 1 is 1.13 bits per heavy atom. The lowest BCUT2D eigenvalue weighted by Crippen LogP contribution is -2.43. The molecule has 0 aliphatic heterocycles. The Kier molecular flexibility index (Phi) is 4.73. The lowest BCUT2D eigenvalue weighted by Gasteiger charge is -2.50. The highest BCUT2D eigenvalue weighted by molar-refractivity contribution is 5.40. The van der Waals surface area contributed by atoms with Crippen LogP contribution in [0, 0.1) is 17.3 Å². The Balaban J connectivity index is 0.000000753. The summed E-state index contributed by atoms with van der Waals surface area (Å²) in [5.74, 6) is 3.20. The summed E-state index contributed by atoms with van der Waals surface area (Å²) >= 11 is 0. The molecule has 3 aliphatic rings. The largest absolute Gasteiger partial charge is 0.497 e. The minimum Gasteiger partial charge on any atom is -0.497 e. The third kappa shape index (κ3) is 2.59. The maximum Gasteiger partial charge on any atom is 0.119 e. The van der Waals surface area contributed by atoms with E-state index in [1.807, 2.05) is 13.8 Å². The molecule has 128 valence electrons. The van der Waals surface area contributed by atoms with E-state index in [1.54, 1.807) is 12.7 Å². The Hall–Kier alpha value is -1.02. The molecule has 5 atom stereocenters.